The maximum absolute atomic E-state index is 9.89. The predicted molar refractivity (Wildman–Crippen MR) is 90.3 cm³/mol. The van der Waals surface area contributed by atoms with Crippen molar-refractivity contribution in [1.29, 1.82) is 5.26 Å². The zero-order valence-electron chi connectivity index (χ0n) is 12.9. The Bertz CT molecular complexity index is 855. The molecule has 0 atom stereocenters. The number of hydrogen-bond donors (Lipinski definition) is 1. The first kappa shape index (κ1) is 16.0. The first-order chi connectivity index (χ1) is 11.6. The summed E-state index contributed by atoms with van der Waals surface area (Å²) in [4.78, 5) is 0. The SMILES string of the molecule is CCOc1cc(/C=C(/C#N)c2ccc3c(c2)OCO3)cc(Cl)c1O. The molecule has 0 amide bonds. The minimum atomic E-state index is -0.114. The highest BCUT2D eigenvalue weighted by molar-refractivity contribution is 6.32. The first-order valence-corrected chi connectivity index (χ1v) is 7.67. The zero-order valence-corrected chi connectivity index (χ0v) is 13.6. The van der Waals surface area contributed by atoms with Crippen LogP contribution >= 0.6 is 11.6 Å². The molecule has 2 aromatic rings. The van der Waals surface area contributed by atoms with Gasteiger partial charge in [-0.25, -0.2) is 0 Å². The van der Waals surface area contributed by atoms with Gasteiger partial charge in [0.05, 0.1) is 23.3 Å². The third-order valence-corrected chi connectivity index (χ3v) is 3.75. The molecule has 1 aliphatic rings. The van der Waals surface area contributed by atoms with Crippen LogP contribution in [0.3, 0.4) is 0 Å². The van der Waals surface area contributed by atoms with E-state index >= 15 is 0 Å². The number of phenolic OH excluding ortho intramolecular Hbond substituents is 1. The summed E-state index contributed by atoms with van der Waals surface area (Å²) in [6.07, 6.45) is 1.67. The second kappa shape index (κ2) is 6.73. The van der Waals surface area contributed by atoms with E-state index in [0.29, 0.717) is 34.8 Å². The Morgan fingerprint density at radius 2 is 2.12 bits per heavy atom. The van der Waals surface area contributed by atoms with E-state index in [9.17, 15) is 10.4 Å². The van der Waals surface area contributed by atoms with Gasteiger partial charge in [-0.2, -0.15) is 5.26 Å². The lowest BCUT2D eigenvalue weighted by molar-refractivity contribution is 0.174. The smallest absolute Gasteiger partial charge is 0.231 e. The molecule has 0 fully saturated rings. The van der Waals surface area contributed by atoms with Crippen molar-refractivity contribution in [1.82, 2.24) is 0 Å². The molecule has 0 aromatic heterocycles. The Morgan fingerprint density at radius 3 is 2.88 bits per heavy atom. The molecule has 122 valence electrons. The van der Waals surface area contributed by atoms with Gasteiger partial charge in [0.1, 0.15) is 0 Å². The molecule has 0 aliphatic carbocycles. The number of rotatable bonds is 4. The Kier molecular flexibility index (Phi) is 4.50. The van der Waals surface area contributed by atoms with E-state index in [1.807, 2.05) is 6.92 Å². The van der Waals surface area contributed by atoms with Gasteiger partial charge in [-0.05, 0) is 54.5 Å². The van der Waals surface area contributed by atoms with Gasteiger partial charge in [-0.15, -0.1) is 0 Å². The quantitative estimate of drug-likeness (QED) is 0.664. The van der Waals surface area contributed by atoms with Crippen molar-refractivity contribution < 1.29 is 19.3 Å². The van der Waals surface area contributed by atoms with Crippen molar-refractivity contribution in [3.05, 3.63) is 46.5 Å². The number of nitriles is 1. The fourth-order valence-corrected chi connectivity index (χ4v) is 2.57. The number of nitrogens with zero attached hydrogens (tertiary/aromatic N) is 1. The van der Waals surface area contributed by atoms with Crippen LogP contribution in [0, 0.1) is 11.3 Å². The van der Waals surface area contributed by atoms with Gasteiger partial charge in [0.15, 0.2) is 23.0 Å². The Hall–Kier alpha value is -2.84. The Balaban J connectivity index is 2.01. The van der Waals surface area contributed by atoms with E-state index in [1.54, 1.807) is 36.4 Å². The van der Waals surface area contributed by atoms with Gasteiger partial charge < -0.3 is 19.3 Å². The molecule has 0 spiro atoms. The second-order valence-corrected chi connectivity index (χ2v) is 5.43. The molecule has 3 rings (SSSR count). The average molecular weight is 344 g/mol. The lowest BCUT2D eigenvalue weighted by Gasteiger charge is -2.09. The van der Waals surface area contributed by atoms with Crippen LogP contribution in [0.5, 0.6) is 23.0 Å². The van der Waals surface area contributed by atoms with Crippen LogP contribution in [0.2, 0.25) is 5.02 Å². The molecule has 1 N–H and O–H groups in total. The van der Waals surface area contributed by atoms with Crippen molar-refractivity contribution in [3.8, 4) is 29.1 Å². The fraction of sp³-hybridized carbons (Fsp3) is 0.167. The van der Waals surface area contributed by atoms with Gasteiger partial charge in [-0.1, -0.05) is 11.6 Å². The third-order valence-electron chi connectivity index (χ3n) is 3.47. The highest BCUT2D eigenvalue weighted by Crippen LogP contribution is 2.37. The lowest BCUT2D eigenvalue weighted by Crippen LogP contribution is -1.93. The van der Waals surface area contributed by atoms with E-state index in [2.05, 4.69) is 6.07 Å². The summed E-state index contributed by atoms with van der Waals surface area (Å²) in [6, 6.07) is 10.7. The molecule has 0 saturated heterocycles. The van der Waals surface area contributed by atoms with E-state index in [4.69, 9.17) is 25.8 Å². The van der Waals surface area contributed by atoms with E-state index in [1.165, 1.54) is 0 Å². The highest BCUT2D eigenvalue weighted by Gasteiger charge is 2.15. The number of ether oxygens (including phenoxy) is 3. The van der Waals surface area contributed by atoms with Crippen LogP contribution in [-0.2, 0) is 0 Å². The minimum absolute atomic E-state index is 0.114. The van der Waals surface area contributed by atoms with Crippen molar-refractivity contribution in [2.45, 2.75) is 6.92 Å². The molecule has 0 radical (unpaired) electrons. The van der Waals surface area contributed by atoms with Crippen LogP contribution in [0.1, 0.15) is 18.1 Å². The highest BCUT2D eigenvalue weighted by atomic mass is 35.5. The number of benzene rings is 2. The largest absolute Gasteiger partial charge is 0.503 e. The second-order valence-electron chi connectivity index (χ2n) is 5.02. The van der Waals surface area contributed by atoms with Crippen LogP contribution < -0.4 is 14.2 Å². The molecule has 0 unspecified atom stereocenters. The summed E-state index contributed by atoms with van der Waals surface area (Å²) < 4.78 is 16.0. The van der Waals surface area contributed by atoms with Crippen LogP contribution in [-0.4, -0.2) is 18.5 Å². The summed E-state index contributed by atoms with van der Waals surface area (Å²) in [7, 11) is 0. The molecule has 0 saturated carbocycles. The zero-order chi connectivity index (χ0) is 17.1. The van der Waals surface area contributed by atoms with Crippen molar-refractivity contribution in [3.63, 3.8) is 0 Å². The van der Waals surface area contributed by atoms with Gasteiger partial charge in [0, 0.05) is 0 Å². The molecule has 5 nitrogen and oxygen atoms in total. The van der Waals surface area contributed by atoms with E-state index in [-0.39, 0.29) is 23.3 Å². The van der Waals surface area contributed by atoms with E-state index in [0.717, 1.165) is 0 Å². The molecule has 2 aromatic carbocycles. The summed E-state index contributed by atoms with van der Waals surface area (Å²) in [5.41, 5.74) is 1.77. The molecule has 0 bridgehead atoms. The molecule has 1 heterocycles. The summed E-state index contributed by atoms with van der Waals surface area (Å²) in [6.45, 7) is 2.38. The standard InChI is InChI=1S/C18H14ClNO4/c1-2-22-17-7-11(6-14(19)18(17)21)5-13(9-20)12-3-4-15-16(8-12)24-10-23-15/h3-8,21H,2,10H2,1H3/b13-5-. The number of aromatic hydroxyl groups is 1. The maximum atomic E-state index is 9.89. The van der Waals surface area contributed by atoms with Gasteiger partial charge in [0.25, 0.3) is 0 Å². The number of phenols is 1. The number of allylic oxidation sites excluding steroid dienone is 1. The van der Waals surface area contributed by atoms with Crippen LogP contribution in [0.4, 0.5) is 0 Å². The lowest BCUT2D eigenvalue weighted by atomic mass is 10.0. The number of halogens is 1. The number of hydrogen-bond acceptors (Lipinski definition) is 5. The molecule has 1 aliphatic heterocycles. The van der Waals surface area contributed by atoms with Crippen molar-refractivity contribution >= 4 is 23.3 Å². The van der Waals surface area contributed by atoms with Crippen LogP contribution in [0.15, 0.2) is 30.3 Å². The molecule has 24 heavy (non-hydrogen) atoms. The molecule has 6 heteroatoms. The Labute approximate surface area is 144 Å². The Morgan fingerprint density at radius 1 is 1.33 bits per heavy atom. The molecular formula is C18H14ClNO4. The van der Waals surface area contributed by atoms with E-state index < -0.39 is 0 Å². The van der Waals surface area contributed by atoms with Gasteiger partial charge in [0.2, 0.25) is 6.79 Å². The summed E-state index contributed by atoms with van der Waals surface area (Å²) in [5.74, 6) is 1.42. The van der Waals surface area contributed by atoms with Crippen molar-refractivity contribution in [2.75, 3.05) is 13.4 Å². The summed E-state index contributed by atoms with van der Waals surface area (Å²) >= 11 is 6.03. The fourth-order valence-electron chi connectivity index (χ4n) is 2.35. The first-order valence-electron chi connectivity index (χ1n) is 7.29. The maximum Gasteiger partial charge on any atom is 0.231 e. The topological polar surface area (TPSA) is 71.7 Å². The van der Waals surface area contributed by atoms with Gasteiger partial charge in [-0.3, -0.25) is 0 Å². The third kappa shape index (κ3) is 3.10. The summed E-state index contributed by atoms with van der Waals surface area (Å²) in [5, 5.41) is 19.5. The average Bonchev–Trinajstić information content (AvgIpc) is 3.04. The van der Waals surface area contributed by atoms with Crippen LogP contribution in [0.25, 0.3) is 11.6 Å². The van der Waals surface area contributed by atoms with Crippen molar-refractivity contribution in [2.24, 2.45) is 0 Å². The van der Waals surface area contributed by atoms with Gasteiger partial charge >= 0.3 is 0 Å². The monoisotopic (exact) mass is 343 g/mol. The molecular weight excluding hydrogens is 330 g/mol. The number of fused-ring (bicyclic) bond motifs is 1. The minimum Gasteiger partial charge on any atom is -0.503 e. The normalized spacial score (nSPS) is 12.8. The predicted octanol–water partition coefficient (Wildman–Crippen LogP) is 4.24.